The molecule has 2 N–H and O–H groups in total. The van der Waals surface area contributed by atoms with E-state index < -0.39 is 24.2 Å². The largest absolute Gasteiger partial charge is 0.497 e. The monoisotopic (exact) mass is 440 g/mol. The maximum absolute atomic E-state index is 13.7. The van der Waals surface area contributed by atoms with Crippen LogP contribution in [0, 0.1) is 0 Å². The number of rotatable bonds is 8. The number of alkyl carbamates (subject to hydrolysis) is 1. The lowest BCUT2D eigenvalue weighted by Gasteiger charge is -2.22. The summed E-state index contributed by atoms with van der Waals surface area (Å²) in [7, 11) is 1.54. The fraction of sp³-hybridized carbons (Fsp3) is 0.409. The lowest BCUT2D eigenvalue weighted by molar-refractivity contribution is 0.0523. The van der Waals surface area contributed by atoms with Crippen molar-refractivity contribution in [1.82, 2.24) is 5.32 Å². The summed E-state index contributed by atoms with van der Waals surface area (Å²) < 4.78 is 37.8. The van der Waals surface area contributed by atoms with Crippen LogP contribution in [0.5, 0.6) is 5.75 Å². The zero-order valence-corrected chi connectivity index (χ0v) is 18.2. The van der Waals surface area contributed by atoms with E-state index in [-0.39, 0.29) is 13.0 Å². The maximum Gasteiger partial charge on any atom is 0.407 e. The number of benzene rings is 2. The summed E-state index contributed by atoms with van der Waals surface area (Å²) in [6.07, 6.45) is -3.14. The molecule has 0 aliphatic heterocycles. The van der Waals surface area contributed by atoms with E-state index in [1.54, 1.807) is 63.2 Å². The third-order valence-electron chi connectivity index (χ3n) is 4.18. The summed E-state index contributed by atoms with van der Waals surface area (Å²) in [5.74, 6) is 0.641. The number of halogens is 3. The van der Waals surface area contributed by atoms with Crippen molar-refractivity contribution in [3.05, 3.63) is 58.6 Å². The molecule has 0 aromatic heterocycles. The van der Waals surface area contributed by atoms with Crippen LogP contribution in [0.25, 0.3) is 0 Å². The van der Waals surface area contributed by atoms with Gasteiger partial charge in [-0.2, -0.15) is 0 Å². The molecule has 0 aliphatic carbocycles. The second-order valence-electron chi connectivity index (χ2n) is 7.79. The first-order valence-corrected chi connectivity index (χ1v) is 9.88. The van der Waals surface area contributed by atoms with Gasteiger partial charge in [-0.25, -0.2) is 13.6 Å². The number of ether oxygens (including phenoxy) is 2. The van der Waals surface area contributed by atoms with Gasteiger partial charge < -0.3 is 20.1 Å². The van der Waals surface area contributed by atoms with Gasteiger partial charge in [0.05, 0.1) is 13.2 Å². The van der Waals surface area contributed by atoms with E-state index >= 15 is 0 Å². The molecule has 0 heterocycles. The Balaban J connectivity index is 2.12. The Hall–Kier alpha value is -2.54. The minimum atomic E-state index is -2.60. The smallest absolute Gasteiger partial charge is 0.407 e. The van der Waals surface area contributed by atoms with Crippen LogP contribution >= 0.6 is 11.6 Å². The number of carbonyl (C=O) groups is 1. The summed E-state index contributed by atoms with van der Waals surface area (Å²) in [6, 6.07) is 10.6. The molecule has 30 heavy (non-hydrogen) atoms. The normalized spacial score (nSPS) is 12.4. The molecule has 1 amide bonds. The Kier molecular flexibility index (Phi) is 8.29. The molecular formula is C22H27ClF2N2O3. The van der Waals surface area contributed by atoms with Crippen molar-refractivity contribution in [3.63, 3.8) is 0 Å². The molecule has 2 rings (SSSR count). The number of amides is 1. The molecule has 0 spiro atoms. The highest BCUT2D eigenvalue weighted by atomic mass is 35.5. The highest BCUT2D eigenvalue weighted by Gasteiger charge is 2.23. The highest BCUT2D eigenvalue weighted by molar-refractivity contribution is 6.30. The van der Waals surface area contributed by atoms with E-state index in [0.717, 1.165) is 0 Å². The third kappa shape index (κ3) is 7.71. The first kappa shape index (κ1) is 23.7. The van der Waals surface area contributed by atoms with Gasteiger partial charge in [-0.05, 0) is 74.7 Å². The predicted octanol–water partition coefficient (Wildman–Crippen LogP) is 5.66. The molecule has 1 unspecified atom stereocenters. The predicted molar refractivity (Wildman–Crippen MR) is 115 cm³/mol. The minimum Gasteiger partial charge on any atom is -0.497 e. The third-order valence-corrected chi connectivity index (χ3v) is 4.41. The van der Waals surface area contributed by atoms with Gasteiger partial charge in [-0.1, -0.05) is 17.7 Å². The molecule has 0 bridgehead atoms. The molecule has 5 nitrogen and oxygen atoms in total. The van der Waals surface area contributed by atoms with E-state index in [9.17, 15) is 13.6 Å². The molecule has 2 aromatic rings. The van der Waals surface area contributed by atoms with Crippen molar-refractivity contribution in [2.24, 2.45) is 0 Å². The molecule has 8 heteroatoms. The fourth-order valence-electron chi connectivity index (χ4n) is 2.78. The van der Waals surface area contributed by atoms with E-state index in [1.807, 2.05) is 0 Å². The SMILES string of the molecule is COc1ccc(NC(Cc2ccc(Cl)cc2CNC(=O)OC(C)(C)C)C(F)F)cc1. The van der Waals surface area contributed by atoms with Crippen LogP contribution in [0.15, 0.2) is 42.5 Å². The van der Waals surface area contributed by atoms with Crippen LogP contribution in [0.3, 0.4) is 0 Å². The van der Waals surface area contributed by atoms with Gasteiger partial charge >= 0.3 is 6.09 Å². The Morgan fingerprint density at radius 1 is 1.10 bits per heavy atom. The Labute approximate surface area is 180 Å². The Morgan fingerprint density at radius 2 is 1.77 bits per heavy atom. The van der Waals surface area contributed by atoms with Crippen molar-refractivity contribution in [3.8, 4) is 5.75 Å². The van der Waals surface area contributed by atoms with Crippen LogP contribution in [0.2, 0.25) is 5.02 Å². The summed E-state index contributed by atoms with van der Waals surface area (Å²) >= 11 is 6.08. The first-order valence-electron chi connectivity index (χ1n) is 9.50. The number of anilines is 1. The van der Waals surface area contributed by atoms with Crippen molar-refractivity contribution in [2.75, 3.05) is 12.4 Å². The van der Waals surface area contributed by atoms with Crippen molar-refractivity contribution < 1.29 is 23.0 Å². The molecule has 0 radical (unpaired) electrons. The molecule has 164 valence electrons. The average molecular weight is 441 g/mol. The molecule has 2 aromatic carbocycles. The number of nitrogens with one attached hydrogen (secondary N) is 2. The van der Waals surface area contributed by atoms with Gasteiger partial charge in [0.1, 0.15) is 11.4 Å². The summed E-state index contributed by atoms with van der Waals surface area (Å²) in [5, 5.41) is 5.97. The first-order chi connectivity index (χ1) is 14.1. The zero-order valence-electron chi connectivity index (χ0n) is 17.5. The molecule has 0 saturated carbocycles. The Morgan fingerprint density at radius 3 is 2.33 bits per heavy atom. The fourth-order valence-corrected chi connectivity index (χ4v) is 2.98. The van der Waals surface area contributed by atoms with Crippen LogP contribution in [-0.4, -0.2) is 31.3 Å². The van der Waals surface area contributed by atoms with Gasteiger partial charge in [0, 0.05) is 17.3 Å². The lowest BCUT2D eigenvalue weighted by atomic mass is 10.00. The van der Waals surface area contributed by atoms with Crippen molar-refractivity contribution in [1.29, 1.82) is 0 Å². The van der Waals surface area contributed by atoms with Gasteiger partial charge in [0.25, 0.3) is 6.43 Å². The summed E-state index contributed by atoms with van der Waals surface area (Å²) in [5.41, 5.74) is 1.23. The molecular weight excluding hydrogens is 414 g/mol. The number of alkyl halides is 2. The number of hydrogen-bond acceptors (Lipinski definition) is 4. The lowest BCUT2D eigenvalue weighted by Crippen LogP contribution is -2.33. The maximum atomic E-state index is 13.7. The Bertz CT molecular complexity index is 839. The van der Waals surface area contributed by atoms with Crippen molar-refractivity contribution in [2.45, 2.75) is 51.8 Å². The average Bonchev–Trinajstić information content (AvgIpc) is 2.66. The quantitative estimate of drug-likeness (QED) is 0.556. The van der Waals surface area contributed by atoms with Gasteiger partial charge in [-0.3, -0.25) is 0 Å². The standard InChI is InChI=1S/C22H27ClF2N2O3/c1-22(2,3)30-21(28)26-13-15-11-16(23)6-5-14(15)12-19(20(24)25)27-17-7-9-18(29-4)10-8-17/h5-11,19-20,27H,12-13H2,1-4H3,(H,26,28). The van der Waals surface area contributed by atoms with E-state index in [2.05, 4.69) is 10.6 Å². The van der Waals surface area contributed by atoms with E-state index in [0.29, 0.717) is 27.6 Å². The number of methoxy groups -OCH3 is 1. The van der Waals surface area contributed by atoms with Crippen molar-refractivity contribution >= 4 is 23.4 Å². The van der Waals surface area contributed by atoms with E-state index in [1.165, 1.54) is 7.11 Å². The summed E-state index contributed by atoms with van der Waals surface area (Å²) in [4.78, 5) is 11.9. The molecule has 0 saturated heterocycles. The van der Waals surface area contributed by atoms with Crippen LogP contribution in [0.4, 0.5) is 19.3 Å². The van der Waals surface area contributed by atoms with Crippen LogP contribution in [-0.2, 0) is 17.7 Å². The number of carbonyl (C=O) groups excluding carboxylic acids is 1. The van der Waals surface area contributed by atoms with Gasteiger partial charge in [0.15, 0.2) is 0 Å². The number of hydrogen-bond donors (Lipinski definition) is 2. The molecule has 0 fully saturated rings. The van der Waals surface area contributed by atoms with E-state index in [4.69, 9.17) is 21.1 Å². The second-order valence-corrected chi connectivity index (χ2v) is 8.22. The highest BCUT2D eigenvalue weighted by Crippen LogP contribution is 2.23. The minimum absolute atomic E-state index is 0.0478. The van der Waals surface area contributed by atoms with Gasteiger partial charge in [-0.15, -0.1) is 0 Å². The molecule has 1 atom stereocenters. The summed E-state index contributed by atoms with van der Waals surface area (Å²) in [6.45, 7) is 5.39. The van der Waals surface area contributed by atoms with Crippen LogP contribution in [0.1, 0.15) is 31.9 Å². The second kappa shape index (κ2) is 10.5. The topological polar surface area (TPSA) is 59.6 Å². The van der Waals surface area contributed by atoms with Crippen LogP contribution < -0.4 is 15.4 Å². The zero-order chi connectivity index (χ0) is 22.3. The van der Waals surface area contributed by atoms with Gasteiger partial charge in [0.2, 0.25) is 0 Å². The molecule has 0 aliphatic rings.